The Morgan fingerprint density at radius 1 is 0.979 bits per heavy atom. The minimum absolute atomic E-state index is 0.0392. The number of unbranched alkanes of at least 4 members (excludes halogenated alkanes) is 1. The number of nitrogens with one attached hydrogen (secondary N) is 1. The molecule has 12 heteroatoms. The molecule has 1 fully saturated rings. The Kier molecular flexibility index (Phi) is 11.8. The first-order valence-corrected chi connectivity index (χ1v) is 18.1. The fraction of sp³-hybridized carbons (Fsp3) is 0.444. The number of anilines is 1. The molecule has 5 rings (SSSR count). The molecule has 0 spiro atoms. The number of methoxy groups -OCH3 is 1. The average Bonchev–Trinajstić information content (AvgIpc) is 3.48. The summed E-state index contributed by atoms with van der Waals surface area (Å²) in [5, 5.41) is 2.87. The van der Waals surface area contributed by atoms with E-state index < -0.39 is 9.84 Å². The molecule has 3 aromatic rings. The lowest BCUT2D eigenvalue weighted by molar-refractivity contribution is -0.130. The molecule has 48 heavy (non-hydrogen) atoms. The second kappa shape index (κ2) is 16.2. The smallest absolute Gasteiger partial charge is 0.322 e. The third-order valence-corrected chi connectivity index (χ3v) is 10.5. The standard InChI is InChI=1S/C36H46N4O7S/c1-4-16-38(27(2)21-28-10-7-13-31(22-28)48(43,44)32-14-15-33-34(24-32)47-26-46-33)17-5-6-18-39-19-9-20-40(25-35(39)41)36(42)37-29-11-8-12-30(23-29)45-3/h7-8,10-15,22-24,27H,4-6,9,16-21,25-26H2,1-3H3,(H,37,42). The molecule has 2 aliphatic heterocycles. The summed E-state index contributed by atoms with van der Waals surface area (Å²) >= 11 is 0. The van der Waals surface area contributed by atoms with Crippen molar-refractivity contribution in [1.29, 1.82) is 0 Å². The third kappa shape index (κ3) is 8.78. The van der Waals surface area contributed by atoms with Crippen LogP contribution >= 0.6 is 0 Å². The molecule has 1 atom stereocenters. The Morgan fingerprint density at radius 2 is 1.77 bits per heavy atom. The number of carbonyl (C=O) groups is 2. The molecule has 1 unspecified atom stereocenters. The summed E-state index contributed by atoms with van der Waals surface area (Å²) in [5.41, 5.74) is 1.58. The van der Waals surface area contributed by atoms with Crippen LogP contribution in [0.15, 0.2) is 76.5 Å². The zero-order valence-corrected chi connectivity index (χ0v) is 28.8. The quantitative estimate of drug-likeness (QED) is 0.224. The first-order chi connectivity index (χ1) is 23.2. The lowest BCUT2D eigenvalue weighted by Crippen LogP contribution is -2.41. The van der Waals surface area contributed by atoms with Crippen LogP contribution in [0.3, 0.4) is 0 Å². The SMILES string of the molecule is CCCN(CCCCN1CCCN(C(=O)Nc2cccc(OC)c2)CC1=O)C(C)Cc1cccc(S(=O)(=O)c2ccc3c(c2)OCO3)c1. The second-order valence-corrected chi connectivity index (χ2v) is 14.2. The van der Waals surface area contributed by atoms with E-state index >= 15 is 0 Å². The molecule has 0 bridgehead atoms. The monoisotopic (exact) mass is 678 g/mol. The summed E-state index contributed by atoms with van der Waals surface area (Å²) < 4.78 is 42.8. The number of amides is 3. The van der Waals surface area contributed by atoms with E-state index in [2.05, 4.69) is 24.1 Å². The van der Waals surface area contributed by atoms with Gasteiger partial charge in [-0.3, -0.25) is 4.79 Å². The van der Waals surface area contributed by atoms with Gasteiger partial charge in [-0.05, 0) is 94.1 Å². The first kappa shape index (κ1) is 35.0. The summed E-state index contributed by atoms with van der Waals surface area (Å²) in [6.07, 6.45) is 4.22. The average molecular weight is 679 g/mol. The molecular formula is C36H46N4O7S. The number of hydrogen-bond donors (Lipinski definition) is 1. The lowest BCUT2D eigenvalue weighted by atomic mass is 10.1. The number of nitrogens with zero attached hydrogens (tertiary/aromatic N) is 3. The summed E-state index contributed by atoms with van der Waals surface area (Å²) in [7, 11) is -2.15. The third-order valence-electron chi connectivity index (χ3n) is 8.79. The van der Waals surface area contributed by atoms with E-state index in [0.29, 0.717) is 49.0 Å². The molecule has 3 amide bonds. The largest absolute Gasteiger partial charge is 0.497 e. The van der Waals surface area contributed by atoms with Crippen molar-refractivity contribution in [3.8, 4) is 17.2 Å². The molecule has 11 nitrogen and oxygen atoms in total. The number of urea groups is 1. The maximum absolute atomic E-state index is 13.4. The minimum Gasteiger partial charge on any atom is -0.497 e. The molecular weight excluding hydrogens is 632 g/mol. The van der Waals surface area contributed by atoms with Crippen LogP contribution in [0.25, 0.3) is 0 Å². The van der Waals surface area contributed by atoms with Crippen LogP contribution in [0.4, 0.5) is 10.5 Å². The second-order valence-electron chi connectivity index (χ2n) is 12.3. The maximum atomic E-state index is 13.4. The van der Waals surface area contributed by atoms with E-state index in [9.17, 15) is 18.0 Å². The molecule has 0 radical (unpaired) electrons. The highest BCUT2D eigenvalue weighted by molar-refractivity contribution is 7.91. The fourth-order valence-electron chi connectivity index (χ4n) is 6.18. The number of rotatable bonds is 14. The van der Waals surface area contributed by atoms with Crippen LogP contribution in [-0.4, -0.2) is 94.3 Å². The number of carbonyl (C=O) groups excluding carboxylic acids is 2. The number of hydrogen-bond acceptors (Lipinski definition) is 8. The molecule has 0 saturated carbocycles. The van der Waals surface area contributed by atoms with Crippen LogP contribution in [0.1, 0.15) is 45.1 Å². The van der Waals surface area contributed by atoms with E-state index in [-0.39, 0.29) is 41.1 Å². The van der Waals surface area contributed by atoms with Crippen LogP contribution in [0, 0.1) is 0 Å². The summed E-state index contributed by atoms with van der Waals surface area (Å²) in [6.45, 7) is 8.07. The minimum atomic E-state index is -3.72. The van der Waals surface area contributed by atoms with E-state index in [0.717, 1.165) is 44.3 Å². The number of benzene rings is 3. The molecule has 258 valence electrons. The molecule has 2 heterocycles. The molecule has 2 aliphatic rings. The van der Waals surface area contributed by atoms with Gasteiger partial charge in [-0.1, -0.05) is 25.1 Å². The normalized spacial score (nSPS) is 15.4. The van der Waals surface area contributed by atoms with Gasteiger partial charge < -0.3 is 34.2 Å². The highest BCUT2D eigenvalue weighted by Gasteiger charge is 2.26. The van der Waals surface area contributed by atoms with E-state index in [1.54, 1.807) is 60.5 Å². The molecule has 3 aromatic carbocycles. The van der Waals surface area contributed by atoms with Crippen molar-refractivity contribution in [1.82, 2.24) is 14.7 Å². The zero-order valence-electron chi connectivity index (χ0n) is 28.0. The van der Waals surface area contributed by atoms with Gasteiger partial charge in [-0.2, -0.15) is 0 Å². The van der Waals surface area contributed by atoms with Gasteiger partial charge in [0, 0.05) is 43.5 Å². The van der Waals surface area contributed by atoms with Gasteiger partial charge in [-0.15, -0.1) is 0 Å². The van der Waals surface area contributed by atoms with Crippen LogP contribution < -0.4 is 19.5 Å². The fourth-order valence-corrected chi connectivity index (χ4v) is 7.53. The predicted molar refractivity (Wildman–Crippen MR) is 184 cm³/mol. The van der Waals surface area contributed by atoms with Gasteiger partial charge in [0.05, 0.1) is 16.9 Å². The Morgan fingerprint density at radius 3 is 2.58 bits per heavy atom. The molecule has 1 saturated heterocycles. The van der Waals surface area contributed by atoms with E-state index in [1.165, 1.54) is 6.07 Å². The summed E-state index contributed by atoms with van der Waals surface area (Å²) in [4.78, 5) is 32.3. The van der Waals surface area contributed by atoms with Gasteiger partial charge in [0.15, 0.2) is 11.5 Å². The van der Waals surface area contributed by atoms with Gasteiger partial charge in [-0.25, -0.2) is 13.2 Å². The number of fused-ring (bicyclic) bond motifs is 1. The molecule has 0 aromatic heterocycles. The number of sulfone groups is 1. The lowest BCUT2D eigenvalue weighted by Gasteiger charge is -2.29. The number of ether oxygens (including phenoxy) is 3. The Balaban J connectivity index is 1.11. The molecule has 0 aliphatic carbocycles. The van der Waals surface area contributed by atoms with Crippen molar-refractivity contribution in [3.63, 3.8) is 0 Å². The van der Waals surface area contributed by atoms with Crippen molar-refractivity contribution in [2.75, 3.05) is 58.5 Å². The summed E-state index contributed by atoms with van der Waals surface area (Å²) in [6, 6.07) is 18.9. The predicted octanol–water partition coefficient (Wildman–Crippen LogP) is 5.45. The van der Waals surface area contributed by atoms with Gasteiger partial charge in [0.25, 0.3) is 0 Å². The van der Waals surface area contributed by atoms with Crippen LogP contribution in [0.2, 0.25) is 0 Å². The van der Waals surface area contributed by atoms with Gasteiger partial charge in [0.2, 0.25) is 22.5 Å². The van der Waals surface area contributed by atoms with Gasteiger partial charge >= 0.3 is 6.03 Å². The van der Waals surface area contributed by atoms with Gasteiger partial charge in [0.1, 0.15) is 12.3 Å². The van der Waals surface area contributed by atoms with Crippen molar-refractivity contribution in [2.45, 2.75) is 61.8 Å². The molecule has 1 N–H and O–H groups in total. The first-order valence-electron chi connectivity index (χ1n) is 16.6. The van der Waals surface area contributed by atoms with Crippen molar-refractivity contribution >= 4 is 27.5 Å². The highest BCUT2D eigenvalue weighted by Crippen LogP contribution is 2.35. The van der Waals surface area contributed by atoms with Crippen molar-refractivity contribution < 1.29 is 32.2 Å². The Hall–Kier alpha value is -4.29. The van der Waals surface area contributed by atoms with Crippen LogP contribution in [-0.2, 0) is 21.1 Å². The van der Waals surface area contributed by atoms with Crippen molar-refractivity contribution in [3.05, 3.63) is 72.3 Å². The zero-order chi connectivity index (χ0) is 34.1. The van der Waals surface area contributed by atoms with E-state index in [4.69, 9.17) is 14.2 Å². The van der Waals surface area contributed by atoms with E-state index in [1.807, 2.05) is 17.0 Å². The summed E-state index contributed by atoms with van der Waals surface area (Å²) in [5.74, 6) is 1.59. The topological polar surface area (TPSA) is 118 Å². The Labute approximate surface area is 283 Å². The van der Waals surface area contributed by atoms with Crippen molar-refractivity contribution in [2.24, 2.45) is 0 Å². The maximum Gasteiger partial charge on any atom is 0.322 e. The highest BCUT2D eigenvalue weighted by atomic mass is 32.2. The van der Waals surface area contributed by atoms with Crippen LogP contribution in [0.5, 0.6) is 17.2 Å². The Bertz CT molecular complexity index is 1680.